The van der Waals surface area contributed by atoms with Gasteiger partial charge in [-0.05, 0) is 43.4 Å². The van der Waals surface area contributed by atoms with Crippen molar-refractivity contribution in [1.82, 2.24) is 4.98 Å². The quantitative estimate of drug-likeness (QED) is 0.843. The average molecular weight is 258 g/mol. The molecule has 2 N–H and O–H groups in total. The molecule has 0 unspecified atom stereocenters. The number of hydrogen-bond donors (Lipinski definition) is 1. The third kappa shape index (κ3) is 1.82. The van der Waals surface area contributed by atoms with Crippen molar-refractivity contribution < 1.29 is 4.79 Å². The van der Waals surface area contributed by atoms with Gasteiger partial charge in [0.25, 0.3) is 0 Å². The van der Waals surface area contributed by atoms with E-state index in [1.807, 2.05) is 0 Å². The van der Waals surface area contributed by atoms with Crippen LogP contribution >= 0.6 is 11.3 Å². The predicted molar refractivity (Wildman–Crippen MR) is 73.0 cm³/mol. The fourth-order valence-electron chi connectivity index (χ4n) is 2.48. The molecule has 18 heavy (non-hydrogen) atoms. The predicted octanol–water partition coefficient (Wildman–Crippen LogP) is 2.84. The molecule has 0 aliphatic heterocycles. The number of anilines is 1. The largest absolute Gasteiger partial charge is 0.390 e. The highest BCUT2D eigenvalue weighted by atomic mass is 32.1. The molecule has 0 bridgehead atoms. The third-order valence-electron chi connectivity index (χ3n) is 3.35. The zero-order valence-corrected chi connectivity index (χ0v) is 10.8. The molecule has 0 saturated carbocycles. The Morgan fingerprint density at radius 3 is 2.94 bits per heavy atom. The summed E-state index contributed by atoms with van der Waals surface area (Å²) in [6.07, 6.45) is 7.66. The molecule has 2 heterocycles. The summed E-state index contributed by atoms with van der Waals surface area (Å²) in [7, 11) is 0. The van der Waals surface area contributed by atoms with Crippen molar-refractivity contribution in [2.45, 2.75) is 25.7 Å². The summed E-state index contributed by atoms with van der Waals surface area (Å²) < 4.78 is 0. The number of nitrogens with zero attached hydrogens (tertiary/aromatic N) is 1. The van der Waals surface area contributed by atoms with Crippen molar-refractivity contribution in [1.29, 1.82) is 0 Å². The Kier molecular flexibility index (Phi) is 2.88. The average Bonchev–Trinajstić information content (AvgIpc) is 2.75. The van der Waals surface area contributed by atoms with Crippen LogP contribution in [0.3, 0.4) is 0 Å². The Morgan fingerprint density at radius 2 is 2.17 bits per heavy atom. The second-order valence-electron chi connectivity index (χ2n) is 4.52. The molecular formula is C14H14N2OS. The van der Waals surface area contributed by atoms with Crippen LogP contribution in [0.2, 0.25) is 0 Å². The molecule has 1 aliphatic carbocycles. The number of carbonyl (C=O) groups is 1. The first-order valence-corrected chi connectivity index (χ1v) is 6.94. The summed E-state index contributed by atoms with van der Waals surface area (Å²) in [6, 6.07) is 3.57. The number of aryl methyl sites for hydroxylation is 1. The van der Waals surface area contributed by atoms with Crippen LogP contribution < -0.4 is 5.73 Å². The minimum Gasteiger partial charge on any atom is -0.390 e. The van der Waals surface area contributed by atoms with Crippen molar-refractivity contribution >= 4 is 22.1 Å². The molecule has 3 rings (SSSR count). The molecule has 0 amide bonds. The second kappa shape index (κ2) is 4.53. The summed E-state index contributed by atoms with van der Waals surface area (Å²) in [5.41, 5.74) is 8.56. The molecule has 2 aromatic heterocycles. The third-order valence-corrected chi connectivity index (χ3v) is 4.47. The van der Waals surface area contributed by atoms with E-state index < -0.39 is 0 Å². The van der Waals surface area contributed by atoms with Gasteiger partial charge in [-0.2, -0.15) is 0 Å². The number of nitrogen functional groups attached to an aromatic ring is 1. The second-order valence-corrected chi connectivity index (χ2v) is 5.66. The molecule has 1 aliphatic rings. The number of pyridine rings is 1. The number of hydrogen-bond acceptors (Lipinski definition) is 4. The van der Waals surface area contributed by atoms with E-state index in [1.54, 1.807) is 35.9 Å². The van der Waals surface area contributed by atoms with Gasteiger partial charge in [0, 0.05) is 22.8 Å². The Morgan fingerprint density at radius 1 is 1.33 bits per heavy atom. The number of carbonyl (C=O) groups excluding carboxylic acids is 1. The molecule has 0 fully saturated rings. The summed E-state index contributed by atoms with van der Waals surface area (Å²) in [5, 5.41) is 0.663. The van der Waals surface area contributed by atoms with Gasteiger partial charge in [0.2, 0.25) is 0 Å². The van der Waals surface area contributed by atoms with E-state index in [0.717, 1.165) is 24.8 Å². The molecule has 0 atom stereocenters. The van der Waals surface area contributed by atoms with Gasteiger partial charge in [0.15, 0.2) is 5.78 Å². The minimum atomic E-state index is 0.0139. The minimum absolute atomic E-state index is 0.0139. The highest BCUT2D eigenvalue weighted by Crippen LogP contribution is 2.37. The Bertz CT molecular complexity index is 589. The van der Waals surface area contributed by atoms with Crippen molar-refractivity contribution in [3.05, 3.63) is 46.1 Å². The Hall–Kier alpha value is -1.68. The molecule has 0 spiro atoms. The first-order chi connectivity index (χ1) is 8.77. The number of nitrogens with two attached hydrogens (primary N) is 1. The lowest BCUT2D eigenvalue weighted by molar-refractivity contribution is 0.103. The van der Waals surface area contributed by atoms with Crippen molar-refractivity contribution in [2.24, 2.45) is 0 Å². The van der Waals surface area contributed by atoms with E-state index in [0.29, 0.717) is 10.6 Å². The van der Waals surface area contributed by atoms with Gasteiger partial charge in [0.1, 0.15) is 0 Å². The van der Waals surface area contributed by atoms with Crippen molar-refractivity contribution in [3.63, 3.8) is 0 Å². The monoisotopic (exact) mass is 258 g/mol. The zero-order valence-electron chi connectivity index (χ0n) is 9.98. The van der Waals surface area contributed by atoms with Gasteiger partial charge in [-0.25, -0.2) is 0 Å². The lowest BCUT2D eigenvalue weighted by Crippen LogP contribution is -2.09. The maximum Gasteiger partial charge on any atom is 0.197 e. The zero-order chi connectivity index (χ0) is 12.5. The number of rotatable bonds is 2. The first kappa shape index (κ1) is 11.4. The van der Waals surface area contributed by atoms with Crippen LogP contribution in [0, 0.1) is 0 Å². The van der Waals surface area contributed by atoms with E-state index in [1.165, 1.54) is 16.9 Å². The van der Waals surface area contributed by atoms with E-state index in [-0.39, 0.29) is 5.78 Å². The fraction of sp³-hybridized carbons (Fsp3) is 0.286. The van der Waals surface area contributed by atoms with Gasteiger partial charge < -0.3 is 5.73 Å². The molecule has 92 valence electrons. The van der Waals surface area contributed by atoms with Crippen LogP contribution in [0.15, 0.2) is 24.5 Å². The van der Waals surface area contributed by atoms with Crippen molar-refractivity contribution in [2.75, 3.05) is 5.73 Å². The molecule has 0 aromatic carbocycles. The number of ketones is 1. The highest BCUT2D eigenvalue weighted by molar-refractivity contribution is 7.16. The Labute approximate surface area is 110 Å². The van der Waals surface area contributed by atoms with Crippen LogP contribution in [0.25, 0.3) is 0 Å². The van der Waals surface area contributed by atoms with Crippen LogP contribution in [0.1, 0.15) is 39.2 Å². The van der Waals surface area contributed by atoms with Crippen molar-refractivity contribution in [3.8, 4) is 0 Å². The van der Waals surface area contributed by atoms with Crippen LogP contribution in [0.5, 0.6) is 0 Å². The van der Waals surface area contributed by atoms with Gasteiger partial charge in [-0.1, -0.05) is 0 Å². The van der Waals surface area contributed by atoms with Gasteiger partial charge in [-0.3, -0.25) is 9.78 Å². The first-order valence-electron chi connectivity index (χ1n) is 6.12. The molecule has 3 nitrogen and oxygen atoms in total. The summed E-state index contributed by atoms with van der Waals surface area (Å²) >= 11 is 1.58. The number of aromatic nitrogens is 1. The fourth-order valence-corrected chi connectivity index (χ4v) is 3.63. The van der Waals surface area contributed by atoms with E-state index in [9.17, 15) is 4.79 Å². The summed E-state index contributed by atoms with van der Waals surface area (Å²) in [6.45, 7) is 0. The lowest BCUT2D eigenvalue weighted by atomic mass is 9.92. The van der Waals surface area contributed by atoms with Crippen LogP contribution in [-0.4, -0.2) is 10.8 Å². The maximum atomic E-state index is 12.5. The smallest absolute Gasteiger partial charge is 0.197 e. The number of fused-ring (bicyclic) bond motifs is 1. The molecular weight excluding hydrogens is 244 g/mol. The van der Waals surface area contributed by atoms with Crippen LogP contribution in [-0.2, 0) is 12.8 Å². The molecule has 4 heteroatoms. The summed E-state index contributed by atoms with van der Waals surface area (Å²) in [4.78, 5) is 17.8. The topological polar surface area (TPSA) is 56.0 Å². The van der Waals surface area contributed by atoms with Crippen LogP contribution in [0.4, 0.5) is 5.00 Å². The normalized spacial score (nSPS) is 14.2. The Balaban J connectivity index is 2.07. The van der Waals surface area contributed by atoms with E-state index >= 15 is 0 Å². The standard InChI is InChI=1S/C14H14N2OS/c15-14-12(10-5-1-2-6-11(10)18-14)13(17)9-4-3-7-16-8-9/h3-4,7-8H,1-2,5-6,15H2. The van der Waals surface area contributed by atoms with Gasteiger partial charge >= 0.3 is 0 Å². The summed E-state index contributed by atoms with van der Waals surface area (Å²) in [5.74, 6) is 0.0139. The lowest BCUT2D eigenvalue weighted by Gasteiger charge is -2.12. The molecule has 0 saturated heterocycles. The number of thiophene rings is 1. The molecule has 0 radical (unpaired) electrons. The maximum absolute atomic E-state index is 12.5. The highest BCUT2D eigenvalue weighted by Gasteiger charge is 2.24. The van der Waals surface area contributed by atoms with Gasteiger partial charge in [-0.15, -0.1) is 11.3 Å². The van der Waals surface area contributed by atoms with Gasteiger partial charge in [0.05, 0.1) is 10.6 Å². The SMILES string of the molecule is Nc1sc2c(c1C(=O)c1cccnc1)CCCC2. The van der Waals surface area contributed by atoms with E-state index in [4.69, 9.17) is 5.73 Å². The molecule has 2 aromatic rings. The van der Waals surface area contributed by atoms with E-state index in [2.05, 4.69) is 4.98 Å².